The fourth-order valence-corrected chi connectivity index (χ4v) is 3.10. The van der Waals surface area contributed by atoms with Crippen LogP contribution in [0.4, 0.5) is 26.3 Å². The average Bonchev–Trinajstić information content (AvgIpc) is 3.13. The first-order valence-electron chi connectivity index (χ1n) is 9.04. The number of amides is 1. The molecule has 0 radical (unpaired) electrons. The van der Waals surface area contributed by atoms with E-state index in [2.05, 4.69) is 41.1 Å². The molecule has 2 aromatic heterocycles. The molecule has 3 aromatic rings. The third-order valence-electron chi connectivity index (χ3n) is 4.16. The minimum atomic E-state index is -5.26. The van der Waals surface area contributed by atoms with Gasteiger partial charge in [-0.3, -0.25) is 4.79 Å². The van der Waals surface area contributed by atoms with Crippen molar-refractivity contribution in [2.24, 2.45) is 0 Å². The highest BCUT2D eigenvalue weighted by Gasteiger charge is 2.35. The van der Waals surface area contributed by atoms with E-state index in [1.165, 1.54) is 29.9 Å². The molecule has 34 heavy (non-hydrogen) atoms. The summed E-state index contributed by atoms with van der Waals surface area (Å²) >= 11 is 3.07. The maximum Gasteiger partial charge on any atom is 0.573 e. The van der Waals surface area contributed by atoms with Gasteiger partial charge in [0.15, 0.2) is 11.6 Å². The minimum absolute atomic E-state index is 0.0923. The van der Waals surface area contributed by atoms with E-state index in [9.17, 15) is 31.1 Å². The number of carbonyl (C=O) groups excluding carboxylic acids is 1. The summed E-state index contributed by atoms with van der Waals surface area (Å²) in [6.07, 6.45) is -9.03. The number of hydrogen-bond donors (Lipinski definition) is 1. The van der Waals surface area contributed by atoms with Crippen LogP contribution in [0.15, 0.2) is 41.3 Å². The molecule has 1 atom stereocenters. The molecule has 1 amide bonds. The van der Waals surface area contributed by atoms with Gasteiger partial charge >= 0.3 is 12.5 Å². The van der Waals surface area contributed by atoms with Crippen molar-refractivity contribution in [1.82, 2.24) is 25.1 Å². The lowest BCUT2D eigenvalue weighted by atomic mass is 10.1. The van der Waals surface area contributed by atoms with Gasteiger partial charge in [-0.25, -0.2) is 9.97 Å². The van der Waals surface area contributed by atoms with Crippen LogP contribution in [-0.2, 0) is 6.18 Å². The van der Waals surface area contributed by atoms with Gasteiger partial charge in [0, 0.05) is 11.8 Å². The fraction of sp³-hybridized carbons (Fsp3) is 0.211. The second kappa shape index (κ2) is 9.29. The van der Waals surface area contributed by atoms with E-state index in [4.69, 9.17) is 5.26 Å². The third kappa shape index (κ3) is 6.01. The average molecular weight is 549 g/mol. The lowest BCUT2D eigenvalue weighted by Crippen LogP contribution is -2.29. The fourth-order valence-electron chi connectivity index (χ4n) is 2.76. The summed E-state index contributed by atoms with van der Waals surface area (Å²) in [7, 11) is 0. The Morgan fingerprint density at radius 1 is 1.21 bits per heavy atom. The van der Waals surface area contributed by atoms with Crippen molar-refractivity contribution in [2.75, 3.05) is 0 Å². The molecule has 0 saturated carbocycles. The van der Waals surface area contributed by atoms with Gasteiger partial charge in [-0.05, 0) is 53.2 Å². The molecule has 15 heteroatoms. The molecule has 0 spiro atoms. The van der Waals surface area contributed by atoms with Crippen molar-refractivity contribution in [1.29, 1.82) is 5.26 Å². The quantitative estimate of drug-likeness (QED) is 0.463. The lowest BCUT2D eigenvalue weighted by molar-refractivity contribution is -0.274. The van der Waals surface area contributed by atoms with Gasteiger partial charge in [0.2, 0.25) is 4.73 Å². The number of aromatic nitrogens is 4. The Bertz CT molecular complexity index is 1250. The number of ether oxygens (including phenoxy) is 1. The Hall–Kier alpha value is -3.67. The summed E-state index contributed by atoms with van der Waals surface area (Å²) in [6, 6.07) is 4.88. The van der Waals surface area contributed by atoms with Gasteiger partial charge in [-0.2, -0.15) is 23.1 Å². The van der Waals surface area contributed by atoms with Gasteiger partial charge in [0.05, 0.1) is 17.2 Å². The Balaban J connectivity index is 1.91. The van der Waals surface area contributed by atoms with Crippen LogP contribution in [0.1, 0.15) is 40.3 Å². The van der Waals surface area contributed by atoms with Crippen LogP contribution in [0.3, 0.4) is 0 Å². The summed E-state index contributed by atoms with van der Waals surface area (Å²) in [6.45, 7) is 1.43. The number of pyridine rings is 1. The minimum Gasteiger partial charge on any atom is -0.406 e. The van der Waals surface area contributed by atoms with Crippen LogP contribution < -0.4 is 10.1 Å². The number of carbonyl (C=O) groups is 1. The second-order valence-corrected chi connectivity index (χ2v) is 7.36. The zero-order chi connectivity index (χ0) is 25.3. The summed E-state index contributed by atoms with van der Waals surface area (Å²) < 4.78 is 81.9. The van der Waals surface area contributed by atoms with Gasteiger partial charge in [0.1, 0.15) is 11.8 Å². The van der Waals surface area contributed by atoms with Crippen molar-refractivity contribution < 1.29 is 35.9 Å². The van der Waals surface area contributed by atoms with E-state index in [0.717, 1.165) is 0 Å². The predicted octanol–water partition coefficient (Wildman–Crippen LogP) is 4.70. The highest BCUT2D eigenvalue weighted by Crippen LogP contribution is 2.34. The molecule has 2 heterocycles. The lowest BCUT2D eigenvalue weighted by Gasteiger charge is -2.17. The maximum absolute atomic E-state index is 13.1. The molecule has 3 rings (SSSR count). The van der Waals surface area contributed by atoms with Crippen molar-refractivity contribution in [2.45, 2.75) is 25.5 Å². The normalized spacial score (nSPS) is 12.7. The van der Waals surface area contributed by atoms with Crippen molar-refractivity contribution in [3.8, 4) is 17.6 Å². The Kier molecular flexibility index (Phi) is 6.82. The van der Waals surface area contributed by atoms with E-state index < -0.39 is 41.4 Å². The molecule has 178 valence electrons. The molecule has 0 fully saturated rings. The highest BCUT2D eigenvalue weighted by atomic mass is 79.9. The Morgan fingerprint density at radius 2 is 1.91 bits per heavy atom. The topological polar surface area (TPSA) is 106 Å². The van der Waals surface area contributed by atoms with Gasteiger partial charge in [-0.15, -0.1) is 18.3 Å². The third-order valence-corrected chi connectivity index (χ3v) is 4.50. The molecule has 1 N–H and O–H groups in total. The molecular weight excluding hydrogens is 538 g/mol. The van der Waals surface area contributed by atoms with Gasteiger partial charge < -0.3 is 10.1 Å². The van der Waals surface area contributed by atoms with Crippen molar-refractivity contribution >= 4 is 21.8 Å². The second-order valence-electron chi connectivity index (χ2n) is 6.65. The molecular formula is C19H11BrF6N6O2. The number of nitriles is 1. The predicted molar refractivity (Wildman–Crippen MR) is 106 cm³/mol. The monoisotopic (exact) mass is 548 g/mol. The van der Waals surface area contributed by atoms with Gasteiger partial charge in [0.25, 0.3) is 5.91 Å². The summed E-state index contributed by atoms with van der Waals surface area (Å²) in [5, 5.41) is 15.3. The number of rotatable bonds is 5. The standard InChI is InChI=1S/C19H11BrF6N6O2/c1-9(15-30-17(20)31-32(15)14-3-2-10(7-27)8-28-14)29-16(33)11-4-12(18(21,22)23)6-13(5-11)34-19(24,25)26/h2-6,8-9H,1H3,(H,29,33). The summed E-state index contributed by atoms with van der Waals surface area (Å²) in [5.74, 6) is -2.01. The van der Waals surface area contributed by atoms with Crippen LogP contribution >= 0.6 is 15.9 Å². The molecule has 1 unspecified atom stereocenters. The zero-order valence-electron chi connectivity index (χ0n) is 16.7. The smallest absolute Gasteiger partial charge is 0.406 e. The van der Waals surface area contributed by atoms with Crippen LogP contribution in [0.5, 0.6) is 5.75 Å². The van der Waals surface area contributed by atoms with Crippen LogP contribution in [-0.4, -0.2) is 32.0 Å². The Morgan fingerprint density at radius 3 is 2.47 bits per heavy atom. The molecule has 0 aliphatic rings. The molecule has 0 bridgehead atoms. The van der Waals surface area contributed by atoms with E-state index in [1.807, 2.05) is 6.07 Å². The Labute approximate surface area is 195 Å². The van der Waals surface area contributed by atoms with E-state index in [1.54, 1.807) is 0 Å². The summed E-state index contributed by atoms with van der Waals surface area (Å²) in [5.41, 5.74) is -1.95. The summed E-state index contributed by atoms with van der Waals surface area (Å²) in [4.78, 5) is 20.8. The maximum atomic E-state index is 13.1. The number of nitrogens with one attached hydrogen (secondary N) is 1. The first kappa shape index (κ1) is 25.0. The SMILES string of the molecule is CC(NC(=O)c1cc(OC(F)(F)F)cc(C(F)(F)F)c1)c1nc(Br)nn1-c1ccc(C#N)cn1. The molecule has 1 aromatic carbocycles. The number of hydrogen-bond acceptors (Lipinski definition) is 6. The van der Waals surface area contributed by atoms with Gasteiger partial charge in [-0.1, -0.05) is 0 Å². The van der Waals surface area contributed by atoms with Crippen molar-refractivity contribution in [3.63, 3.8) is 0 Å². The number of nitrogens with zero attached hydrogens (tertiary/aromatic N) is 5. The number of alkyl halides is 6. The first-order chi connectivity index (χ1) is 15.8. The molecule has 0 aliphatic heterocycles. The largest absolute Gasteiger partial charge is 0.573 e. The number of benzene rings is 1. The first-order valence-corrected chi connectivity index (χ1v) is 9.84. The molecule has 0 saturated heterocycles. The highest BCUT2D eigenvalue weighted by molar-refractivity contribution is 9.10. The van der Waals surface area contributed by atoms with E-state index >= 15 is 0 Å². The zero-order valence-corrected chi connectivity index (χ0v) is 18.3. The molecule has 0 aliphatic carbocycles. The van der Waals surface area contributed by atoms with E-state index in [0.29, 0.717) is 12.1 Å². The van der Waals surface area contributed by atoms with Crippen molar-refractivity contribution in [3.05, 3.63) is 63.8 Å². The molecule has 8 nitrogen and oxygen atoms in total. The number of halogens is 7. The van der Waals surface area contributed by atoms with E-state index in [-0.39, 0.29) is 28.0 Å². The van der Waals surface area contributed by atoms with Crippen LogP contribution in [0.2, 0.25) is 0 Å². The van der Waals surface area contributed by atoms with Crippen LogP contribution in [0.25, 0.3) is 5.82 Å². The van der Waals surface area contributed by atoms with Crippen LogP contribution in [0, 0.1) is 11.3 Å².